The van der Waals surface area contributed by atoms with Gasteiger partial charge in [-0.15, -0.1) is 0 Å². The first kappa shape index (κ1) is 11.3. The topological polar surface area (TPSA) is 52.9 Å². The number of aromatic nitrogens is 1. The minimum Gasteiger partial charge on any atom is -0.347 e. The van der Waals surface area contributed by atoms with Gasteiger partial charge in [0.2, 0.25) is 0 Å². The predicted molar refractivity (Wildman–Crippen MR) is 64.7 cm³/mol. The van der Waals surface area contributed by atoms with Crippen molar-refractivity contribution in [2.24, 2.45) is 0 Å². The summed E-state index contributed by atoms with van der Waals surface area (Å²) in [4.78, 5) is 4.46. The smallest absolute Gasteiger partial charge is 0.335 e. The molecule has 0 saturated heterocycles. The van der Waals surface area contributed by atoms with Gasteiger partial charge < -0.3 is 4.55 Å². The molecule has 1 heterocycles. The minimum atomic E-state index is -1.70. The van der Waals surface area contributed by atoms with Crippen molar-refractivity contribution < 1.29 is 8.76 Å². The van der Waals surface area contributed by atoms with Gasteiger partial charge in [0.15, 0.2) is 0 Å². The average molecular weight is 255 g/mol. The van der Waals surface area contributed by atoms with E-state index in [1.807, 2.05) is 6.07 Å². The van der Waals surface area contributed by atoms with Gasteiger partial charge in [-0.2, -0.15) is 4.21 Å². The number of benzene rings is 1. The summed E-state index contributed by atoms with van der Waals surface area (Å²) in [5.41, 5.74) is 1.72. The molecule has 1 aromatic carbocycles. The van der Waals surface area contributed by atoms with Crippen LogP contribution in [-0.4, -0.2) is 13.7 Å². The molecule has 5 heteroatoms. The number of hydrogen-bond donors (Lipinski definition) is 0. The Morgan fingerprint density at radius 1 is 1.19 bits per heavy atom. The highest BCUT2D eigenvalue weighted by molar-refractivity contribution is 7.79. The van der Waals surface area contributed by atoms with E-state index in [0.29, 0.717) is 10.0 Å². The molecular formula is C11H9ClNO2S+. The standard InChI is InChI=1S/C11H8ClNO2S/c12-11-10(2-1-7-13-11)8-3-5-9(6-4-8)16(14)15/h1-7H,(H,14,15)/p+1. The Bertz CT molecular complexity index is 528. The van der Waals surface area contributed by atoms with Crippen molar-refractivity contribution in [1.82, 2.24) is 4.98 Å². The van der Waals surface area contributed by atoms with Crippen LogP contribution in [-0.2, 0) is 11.1 Å². The second-order valence-corrected chi connectivity index (χ2v) is 4.50. The largest absolute Gasteiger partial charge is 0.347 e. The number of pyridine rings is 1. The molecule has 1 atom stereocenters. The van der Waals surface area contributed by atoms with Gasteiger partial charge in [-0.25, -0.2) is 4.98 Å². The summed E-state index contributed by atoms with van der Waals surface area (Å²) >= 11 is 4.26. The lowest BCUT2D eigenvalue weighted by Crippen LogP contribution is -1.88. The van der Waals surface area contributed by atoms with E-state index < -0.39 is 11.1 Å². The number of hydrogen-bond acceptors (Lipinski definition) is 2. The quantitative estimate of drug-likeness (QED) is 0.609. The zero-order chi connectivity index (χ0) is 11.5. The molecule has 0 amide bonds. The van der Waals surface area contributed by atoms with E-state index in [1.54, 1.807) is 36.5 Å². The van der Waals surface area contributed by atoms with Crippen molar-refractivity contribution in [2.45, 2.75) is 4.90 Å². The summed E-state index contributed by atoms with van der Waals surface area (Å²) in [6.07, 6.45) is 1.62. The Morgan fingerprint density at radius 3 is 2.44 bits per heavy atom. The first-order chi connectivity index (χ1) is 7.68. The van der Waals surface area contributed by atoms with E-state index in [-0.39, 0.29) is 0 Å². The predicted octanol–water partition coefficient (Wildman–Crippen LogP) is 2.15. The fourth-order valence-corrected chi connectivity index (χ4v) is 1.97. The Morgan fingerprint density at radius 2 is 1.88 bits per heavy atom. The van der Waals surface area contributed by atoms with Crippen LogP contribution in [0.3, 0.4) is 0 Å². The molecular weight excluding hydrogens is 246 g/mol. The lowest BCUT2D eigenvalue weighted by atomic mass is 10.1. The SMILES string of the molecule is O=S([OH2+])c1ccc(-c2cccnc2Cl)cc1. The van der Waals surface area contributed by atoms with Crippen LogP contribution in [0.4, 0.5) is 0 Å². The maximum Gasteiger partial charge on any atom is 0.335 e. The molecule has 0 bridgehead atoms. The van der Waals surface area contributed by atoms with Gasteiger partial charge >= 0.3 is 11.1 Å². The molecule has 0 radical (unpaired) electrons. The fourth-order valence-electron chi connectivity index (χ4n) is 1.36. The van der Waals surface area contributed by atoms with E-state index in [2.05, 4.69) is 4.98 Å². The fraction of sp³-hybridized carbons (Fsp3) is 0. The molecule has 0 aliphatic carbocycles. The highest BCUT2D eigenvalue weighted by Gasteiger charge is 2.07. The third-order valence-corrected chi connectivity index (χ3v) is 3.14. The lowest BCUT2D eigenvalue weighted by molar-refractivity contribution is 0.564. The third-order valence-electron chi connectivity index (χ3n) is 2.14. The zero-order valence-electron chi connectivity index (χ0n) is 8.18. The van der Waals surface area contributed by atoms with Crippen molar-refractivity contribution in [3.05, 3.63) is 47.7 Å². The Hall–Kier alpha value is -1.23. The Labute approximate surface area is 100 Å². The van der Waals surface area contributed by atoms with Crippen molar-refractivity contribution in [3.63, 3.8) is 0 Å². The zero-order valence-corrected chi connectivity index (χ0v) is 9.76. The second-order valence-electron chi connectivity index (χ2n) is 3.13. The molecule has 82 valence electrons. The molecule has 2 rings (SSSR count). The summed E-state index contributed by atoms with van der Waals surface area (Å²) < 4.78 is 18.0. The molecule has 3 nitrogen and oxygen atoms in total. The molecule has 2 N–H and O–H groups in total. The van der Waals surface area contributed by atoms with Crippen LogP contribution in [0.2, 0.25) is 5.15 Å². The molecule has 16 heavy (non-hydrogen) atoms. The molecule has 1 aromatic heterocycles. The minimum absolute atomic E-state index is 0.433. The van der Waals surface area contributed by atoms with Crippen molar-refractivity contribution >= 4 is 22.7 Å². The average Bonchev–Trinajstić information content (AvgIpc) is 2.30. The number of nitrogens with zero attached hydrogens (tertiary/aromatic N) is 1. The van der Waals surface area contributed by atoms with Crippen molar-refractivity contribution in [3.8, 4) is 11.1 Å². The number of halogens is 1. The summed E-state index contributed by atoms with van der Waals surface area (Å²) in [5.74, 6) is 0. The van der Waals surface area contributed by atoms with Gasteiger partial charge in [-0.3, -0.25) is 0 Å². The second kappa shape index (κ2) is 4.74. The van der Waals surface area contributed by atoms with E-state index in [4.69, 9.17) is 16.2 Å². The van der Waals surface area contributed by atoms with Crippen LogP contribution in [0.1, 0.15) is 0 Å². The molecule has 0 spiro atoms. The summed E-state index contributed by atoms with van der Waals surface area (Å²) in [7, 11) is 0. The van der Waals surface area contributed by atoms with Crippen LogP contribution in [0.5, 0.6) is 0 Å². The Balaban J connectivity index is 2.43. The van der Waals surface area contributed by atoms with E-state index >= 15 is 0 Å². The molecule has 1 unspecified atom stereocenters. The van der Waals surface area contributed by atoms with Crippen LogP contribution < -0.4 is 0 Å². The summed E-state index contributed by atoms with van der Waals surface area (Å²) in [6, 6.07) is 10.5. The van der Waals surface area contributed by atoms with Gasteiger partial charge in [0.05, 0.1) is 0 Å². The van der Waals surface area contributed by atoms with Gasteiger partial charge in [-0.1, -0.05) is 23.7 Å². The highest BCUT2D eigenvalue weighted by Crippen LogP contribution is 2.26. The number of rotatable bonds is 2. The van der Waals surface area contributed by atoms with Crippen LogP contribution in [0.15, 0.2) is 47.5 Å². The van der Waals surface area contributed by atoms with E-state index in [9.17, 15) is 4.21 Å². The van der Waals surface area contributed by atoms with Crippen LogP contribution in [0, 0.1) is 0 Å². The maximum absolute atomic E-state index is 10.9. The molecule has 0 aliphatic heterocycles. The maximum atomic E-state index is 10.9. The van der Waals surface area contributed by atoms with E-state index in [1.165, 1.54) is 0 Å². The van der Waals surface area contributed by atoms with Gasteiger partial charge in [0.25, 0.3) is 0 Å². The third kappa shape index (κ3) is 2.29. The molecule has 0 fully saturated rings. The Kier molecular flexibility index (Phi) is 3.33. The molecule has 2 aromatic rings. The van der Waals surface area contributed by atoms with Crippen LogP contribution in [0.25, 0.3) is 11.1 Å². The monoisotopic (exact) mass is 254 g/mol. The van der Waals surface area contributed by atoms with Gasteiger partial charge in [0.1, 0.15) is 10.0 Å². The summed E-state index contributed by atoms with van der Waals surface area (Å²) in [5, 5.41) is 0.433. The van der Waals surface area contributed by atoms with Gasteiger partial charge in [0, 0.05) is 11.8 Å². The summed E-state index contributed by atoms with van der Waals surface area (Å²) in [6.45, 7) is 0. The van der Waals surface area contributed by atoms with Crippen molar-refractivity contribution in [2.75, 3.05) is 0 Å². The first-order valence-corrected chi connectivity index (χ1v) is 6.05. The molecule has 0 saturated carbocycles. The normalized spacial score (nSPS) is 12.4. The molecule has 0 aliphatic rings. The highest BCUT2D eigenvalue weighted by atomic mass is 35.5. The van der Waals surface area contributed by atoms with Crippen molar-refractivity contribution in [1.29, 1.82) is 0 Å². The first-order valence-electron chi connectivity index (χ1n) is 4.52. The van der Waals surface area contributed by atoms with E-state index in [0.717, 1.165) is 11.1 Å². The van der Waals surface area contributed by atoms with Crippen LogP contribution >= 0.6 is 11.6 Å². The lowest BCUT2D eigenvalue weighted by Gasteiger charge is -2.02. The van der Waals surface area contributed by atoms with Gasteiger partial charge in [-0.05, 0) is 29.8 Å².